The van der Waals surface area contributed by atoms with Crippen LogP contribution in [0.4, 0.5) is 0 Å². The molecule has 1 aliphatic carbocycles. The molecule has 2 aromatic rings. The average Bonchev–Trinajstić information content (AvgIpc) is 2.53. The summed E-state index contributed by atoms with van der Waals surface area (Å²) in [6.45, 7) is 0. The molecule has 0 spiro atoms. The maximum Gasteiger partial charge on any atom is 0.256 e. The molecular formula is C16H18ClN3O. The van der Waals surface area contributed by atoms with E-state index in [1.807, 2.05) is 25.2 Å². The molecule has 1 saturated carbocycles. The maximum atomic E-state index is 12.8. The molecule has 1 aromatic carbocycles. The van der Waals surface area contributed by atoms with Crippen LogP contribution in [0.25, 0.3) is 11.0 Å². The maximum absolute atomic E-state index is 12.8. The second kappa shape index (κ2) is 5.98. The summed E-state index contributed by atoms with van der Waals surface area (Å²) in [5.74, 6) is -0.0290. The summed E-state index contributed by atoms with van der Waals surface area (Å²) >= 11 is 6.41. The molecule has 4 nitrogen and oxygen atoms in total. The number of carbonyl (C=O) groups excluding carboxylic acids is 1. The molecule has 1 amide bonds. The van der Waals surface area contributed by atoms with Crippen LogP contribution in [0.1, 0.15) is 36.0 Å². The summed E-state index contributed by atoms with van der Waals surface area (Å²) in [5, 5.41) is 0.0359. The standard InChI is InChI=1S/C16H18ClN3O/c1-20(14-8-3-2-6-12(14)17)16(21)11-5-4-7-13-15(11)19-10-9-18-13/h4-5,7,9-10,12,14H,2-3,6,8H2,1H3. The number of para-hydroxylation sites is 1. The molecule has 0 bridgehead atoms. The molecule has 1 heterocycles. The van der Waals surface area contributed by atoms with Gasteiger partial charge in [0.15, 0.2) is 0 Å². The Labute approximate surface area is 129 Å². The van der Waals surface area contributed by atoms with Crippen LogP contribution in [-0.2, 0) is 0 Å². The Morgan fingerprint density at radius 1 is 1.24 bits per heavy atom. The minimum atomic E-state index is -0.0290. The highest BCUT2D eigenvalue weighted by atomic mass is 35.5. The van der Waals surface area contributed by atoms with Crippen LogP contribution in [0, 0.1) is 0 Å². The lowest BCUT2D eigenvalue weighted by atomic mass is 9.93. The molecule has 2 atom stereocenters. The van der Waals surface area contributed by atoms with Crippen molar-refractivity contribution in [2.24, 2.45) is 0 Å². The van der Waals surface area contributed by atoms with E-state index in [-0.39, 0.29) is 17.3 Å². The molecule has 110 valence electrons. The van der Waals surface area contributed by atoms with Gasteiger partial charge in [0.25, 0.3) is 5.91 Å². The first-order valence-corrected chi connectivity index (χ1v) is 7.73. The topological polar surface area (TPSA) is 46.1 Å². The lowest BCUT2D eigenvalue weighted by Crippen LogP contribution is -2.44. The van der Waals surface area contributed by atoms with Crippen molar-refractivity contribution in [2.75, 3.05) is 7.05 Å². The van der Waals surface area contributed by atoms with E-state index in [0.29, 0.717) is 11.1 Å². The number of benzene rings is 1. The summed E-state index contributed by atoms with van der Waals surface area (Å²) in [5.41, 5.74) is 1.99. The van der Waals surface area contributed by atoms with Gasteiger partial charge in [-0.05, 0) is 25.0 Å². The fourth-order valence-corrected chi connectivity index (χ4v) is 3.46. The Hall–Kier alpha value is -1.68. The molecule has 1 aromatic heterocycles. The van der Waals surface area contributed by atoms with E-state index in [1.165, 1.54) is 0 Å². The van der Waals surface area contributed by atoms with Crippen molar-refractivity contribution in [1.29, 1.82) is 0 Å². The summed E-state index contributed by atoms with van der Waals surface area (Å²) < 4.78 is 0. The van der Waals surface area contributed by atoms with E-state index in [4.69, 9.17) is 11.6 Å². The van der Waals surface area contributed by atoms with Crippen molar-refractivity contribution < 1.29 is 4.79 Å². The van der Waals surface area contributed by atoms with Gasteiger partial charge < -0.3 is 4.90 Å². The number of hydrogen-bond donors (Lipinski definition) is 0. The van der Waals surface area contributed by atoms with Gasteiger partial charge in [-0.1, -0.05) is 18.9 Å². The molecule has 2 unspecified atom stereocenters. The molecule has 3 rings (SSSR count). The fourth-order valence-electron chi connectivity index (χ4n) is 3.01. The Morgan fingerprint density at radius 3 is 2.81 bits per heavy atom. The smallest absolute Gasteiger partial charge is 0.256 e. The number of fused-ring (bicyclic) bond motifs is 1. The summed E-state index contributed by atoms with van der Waals surface area (Å²) in [4.78, 5) is 23.1. The normalized spacial score (nSPS) is 22.2. The summed E-state index contributed by atoms with van der Waals surface area (Å²) in [7, 11) is 1.84. The van der Waals surface area contributed by atoms with Gasteiger partial charge in [0, 0.05) is 25.5 Å². The van der Waals surface area contributed by atoms with E-state index >= 15 is 0 Å². The molecule has 1 fully saturated rings. The van der Waals surface area contributed by atoms with E-state index < -0.39 is 0 Å². The van der Waals surface area contributed by atoms with Crippen LogP contribution >= 0.6 is 11.6 Å². The average molecular weight is 304 g/mol. The lowest BCUT2D eigenvalue weighted by Gasteiger charge is -2.35. The fraction of sp³-hybridized carbons (Fsp3) is 0.438. The Balaban J connectivity index is 1.93. The van der Waals surface area contributed by atoms with Crippen LogP contribution in [0.3, 0.4) is 0 Å². The largest absolute Gasteiger partial charge is 0.337 e. The van der Waals surface area contributed by atoms with Crippen molar-refractivity contribution in [2.45, 2.75) is 37.1 Å². The zero-order valence-electron chi connectivity index (χ0n) is 12.0. The Kier molecular flexibility index (Phi) is 4.06. The van der Waals surface area contributed by atoms with E-state index in [2.05, 4.69) is 9.97 Å². The van der Waals surface area contributed by atoms with Crippen LogP contribution in [-0.4, -0.2) is 39.2 Å². The van der Waals surface area contributed by atoms with Crippen molar-refractivity contribution in [1.82, 2.24) is 14.9 Å². The number of halogens is 1. The summed E-state index contributed by atoms with van der Waals surface area (Å²) in [6.07, 6.45) is 7.46. The van der Waals surface area contributed by atoms with Gasteiger partial charge in [-0.25, -0.2) is 0 Å². The first-order valence-electron chi connectivity index (χ1n) is 7.29. The number of nitrogens with zero attached hydrogens (tertiary/aromatic N) is 3. The molecule has 5 heteroatoms. The Morgan fingerprint density at radius 2 is 2.00 bits per heavy atom. The number of carbonyl (C=O) groups is 1. The third-order valence-corrected chi connectivity index (χ3v) is 4.70. The number of amides is 1. The number of alkyl halides is 1. The SMILES string of the molecule is CN(C(=O)c1cccc2nccnc12)C1CCCCC1Cl. The molecule has 0 N–H and O–H groups in total. The third-order valence-electron chi connectivity index (χ3n) is 4.19. The second-order valence-corrected chi connectivity index (χ2v) is 6.07. The van der Waals surface area contributed by atoms with Gasteiger partial charge in [-0.3, -0.25) is 14.8 Å². The first kappa shape index (κ1) is 14.3. The van der Waals surface area contributed by atoms with Crippen molar-refractivity contribution in [3.8, 4) is 0 Å². The van der Waals surface area contributed by atoms with Gasteiger partial charge in [0.2, 0.25) is 0 Å². The van der Waals surface area contributed by atoms with Crippen molar-refractivity contribution >= 4 is 28.5 Å². The van der Waals surface area contributed by atoms with Crippen molar-refractivity contribution in [3.63, 3.8) is 0 Å². The minimum absolute atomic E-state index is 0.0290. The number of rotatable bonds is 2. The Bertz CT molecular complexity index is 656. The molecule has 0 radical (unpaired) electrons. The number of hydrogen-bond acceptors (Lipinski definition) is 3. The van der Waals surface area contributed by atoms with E-state index in [9.17, 15) is 4.79 Å². The van der Waals surface area contributed by atoms with Crippen LogP contribution < -0.4 is 0 Å². The zero-order valence-corrected chi connectivity index (χ0v) is 12.8. The number of aromatic nitrogens is 2. The summed E-state index contributed by atoms with van der Waals surface area (Å²) in [6, 6.07) is 5.61. The monoisotopic (exact) mass is 303 g/mol. The van der Waals surface area contributed by atoms with E-state index in [0.717, 1.165) is 31.2 Å². The predicted molar refractivity (Wildman–Crippen MR) is 83.5 cm³/mol. The molecule has 0 saturated heterocycles. The van der Waals surface area contributed by atoms with Gasteiger partial charge in [0.1, 0.15) is 5.52 Å². The van der Waals surface area contributed by atoms with Crippen LogP contribution in [0.2, 0.25) is 0 Å². The lowest BCUT2D eigenvalue weighted by molar-refractivity contribution is 0.0702. The van der Waals surface area contributed by atoms with Gasteiger partial charge >= 0.3 is 0 Å². The highest BCUT2D eigenvalue weighted by molar-refractivity contribution is 6.21. The van der Waals surface area contributed by atoms with Crippen LogP contribution in [0.15, 0.2) is 30.6 Å². The van der Waals surface area contributed by atoms with Gasteiger partial charge in [-0.15, -0.1) is 11.6 Å². The second-order valence-electron chi connectivity index (χ2n) is 5.51. The predicted octanol–water partition coefficient (Wildman–Crippen LogP) is 3.25. The molecular weight excluding hydrogens is 286 g/mol. The quantitative estimate of drug-likeness (QED) is 0.800. The minimum Gasteiger partial charge on any atom is -0.337 e. The van der Waals surface area contributed by atoms with Crippen LogP contribution in [0.5, 0.6) is 0 Å². The highest BCUT2D eigenvalue weighted by Gasteiger charge is 2.30. The third kappa shape index (κ3) is 2.72. The molecule has 1 aliphatic rings. The zero-order chi connectivity index (χ0) is 14.8. The van der Waals surface area contributed by atoms with Gasteiger partial charge in [0.05, 0.1) is 16.5 Å². The first-order chi connectivity index (χ1) is 10.2. The molecule has 0 aliphatic heterocycles. The highest BCUT2D eigenvalue weighted by Crippen LogP contribution is 2.28. The van der Waals surface area contributed by atoms with Gasteiger partial charge in [-0.2, -0.15) is 0 Å². The van der Waals surface area contributed by atoms with E-state index in [1.54, 1.807) is 17.3 Å². The van der Waals surface area contributed by atoms with Crippen molar-refractivity contribution in [3.05, 3.63) is 36.2 Å². The molecule has 21 heavy (non-hydrogen) atoms.